The summed E-state index contributed by atoms with van der Waals surface area (Å²) in [4.78, 5) is 26.3. The first-order valence-electron chi connectivity index (χ1n) is 8.16. The highest BCUT2D eigenvalue weighted by molar-refractivity contribution is 5.97. The van der Waals surface area contributed by atoms with Crippen molar-refractivity contribution in [1.82, 2.24) is 0 Å². The lowest BCUT2D eigenvalue weighted by Gasteiger charge is -2.30. The Kier molecular flexibility index (Phi) is 6.83. The number of carbonyl (C=O) groups excluding carboxylic acids is 2. The van der Waals surface area contributed by atoms with Crippen molar-refractivity contribution >= 4 is 23.4 Å². The van der Waals surface area contributed by atoms with Gasteiger partial charge in [0.2, 0.25) is 6.17 Å². The van der Waals surface area contributed by atoms with Crippen LogP contribution in [0, 0.1) is 0 Å². The summed E-state index contributed by atoms with van der Waals surface area (Å²) in [6, 6.07) is 18.0. The molecule has 1 amide bonds. The van der Waals surface area contributed by atoms with Gasteiger partial charge in [0.05, 0.1) is 13.2 Å². The number of hydrogen-bond donors (Lipinski definition) is 1. The molecular weight excluding hydrogens is 320 g/mol. The smallest absolute Gasteiger partial charge is 0.416 e. The standard InChI is InChI=1S/C19H22N2O4/c1-3-24-18(22)17(20-15-11-7-5-8-12-15)21(19(23)25-4-2)16-13-9-6-10-14-16/h5-14,17,20H,3-4H2,1-2H3. The molecule has 1 atom stereocenters. The number of hydrogen-bond acceptors (Lipinski definition) is 5. The highest BCUT2D eigenvalue weighted by Gasteiger charge is 2.33. The summed E-state index contributed by atoms with van der Waals surface area (Å²) in [5, 5.41) is 3.05. The van der Waals surface area contributed by atoms with Gasteiger partial charge >= 0.3 is 12.1 Å². The topological polar surface area (TPSA) is 67.9 Å². The van der Waals surface area contributed by atoms with Crippen molar-refractivity contribution in [2.24, 2.45) is 0 Å². The third kappa shape index (κ3) is 4.97. The summed E-state index contributed by atoms with van der Waals surface area (Å²) in [6.07, 6.45) is -1.68. The Morgan fingerprint density at radius 1 is 0.920 bits per heavy atom. The van der Waals surface area contributed by atoms with Gasteiger partial charge in [0, 0.05) is 11.4 Å². The SMILES string of the molecule is CCOC(=O)C(Nc1ccccc1)N(C(=O)OCC)c1ccccc1. The van der Waals surface area contributed by atoms with Crippen molar-refractivity contribution in [3.8, 4) is 0 Å². The number of nitrogens with zero attached hydrogens (tertiary/aromatic N) is 1. The van der Waals surface area contributed by atoms with E-state index >= 15 is 0 Å². The third-order valence-corrected chi connectivity index (χ3v) is 3.34. The van der Waals surface area contributed by atoms with Crippen LogP contribution in [0.3, 0.4) is 0 Å². The van der Waals surface area contributed by atoms with Crippen molar-refractivity contribution in [3.05, 3.63) is 60.7 Å². The van der Waals surface area contributed by atoms with Crippen molar-refractivity contribution in [2.75, 3.05) is 23.4 Å². The molecule has 1 unspecified atom stereocenters. The van der Waals surface area contributed by atoms with Crippen LogP contribution in [0.15, 0.2) is 60.7 Å². The molecule has 0 fully saturated rings. The zero-order chi connectivity index (χ0) is 18.1. The van der Waals surface area contributed by atoms with E-state index in [0.29, 0.717) is 11.4 Å². The number of esters is 1. The lowest BCUT2D eigenvalue weighted by atomic mass is 10.2. The molecule has 2 aromatic rings. The largest absolute Gasteiger partial charge is 0.463 e. The lowest BCUT2D eigenvalue weighted by Crippen LogP contribution is -2.51. The molecule has 0 aromatic heterocycles. The van der Waals surface area contributed by atoms with Gasteiger partial charge in [0.1, 0.15) is 0 Å². The second kappa shape index (κ2) is 9.32. The summed E-state index contributed by atoms with van der Waals surface area (Å²) in [5.41, 5.74) is 1.22. The zero-order valence-electron chi connectivity index (χ0n) is 14.3. The van der Waals surface area contributed by atoms with E-state index < -0.39 is 18.2 Å². The Labute approximate surface area is 147 Å². The minimum absolute atomic E-state index is 0.197. The van der Waals surface area contributed by atoms with Crippen molar-refractivity contribution in [2.45, 2.75) is 20.0 Å². The average molecular weight is 342 g/mol. The maximum absolute atomic E-state index is 12.5. The number of benzene rings is 2. The quantitative estimate of drug-likeness (QED) is 0.614. The average Bonchev–Trinajstić information content (AvgIpc) is 2.63. The molecule has 6 nitrogen and oxygen atoms in total. The van der Waals surface area contributed by atoms with E-state index in [-0.39, 0.29) is 13.2 Å². The van der Waals surface area contributed by atoms with Gasteiger partial charge in [0.15, 0.2) is 0 Å². The fraction of sp³-hybridized carbons (Fsp3) is 0.263. The van der Waals surface area contributed by atoms with Gasteiger partial charge in [0.25, 0.3) is 0 Å². The first kappa shape index (κ1) is 18.3. The highest BCUT2D eigenvalue weighted by Crippen LogP contribution is 2.21. The van der Waals surface area contributed by atoms with Crippen LogP contribution in [0.4, 0.5) is 16.2 Å². The molecule has 1 N–H and O–H groups in total. The van der Waals surface area contributed by atoms with E-state index in [9.17, 15) is 9.59 Å². The van der Waals surface area contributed by atoms with Gasteiger partial charge in [-0.15, -0.1) is 0 Å². The molecule has 0 saturated carbocycles. The number of para-hydroxylation sites is 2. The molecule has 2 aromatic carbocycles. The Morgan fingerprint density at radius 3 is 2.04 bits per heavy atom. The molecule has 0 bridgehead atoms. The first-order valence-corrected chi connectivity index (χ1v) is 8.16. The minimum atomic E-state index is -1.05. The highest BCUT2D eigenvalue weighted by atomic mass is 16.6. The van der Waals surface area contributed by atoms with Gasteiger partial charge in [-0.25, -0.2) is 14.5 Å². The number of anilines is 2. The monoisotopic (exact) mass is 342 g/mol. The van der Waals surface area contributed by atoms with E-state index in [4.69, 9.17) is 9.47 Å². The summed E-state index contributed by atoms with van der Waals surface area (Å²) in [5.74, 6) is -0.566. The third-order valence-electron chi connectivity index (χ3n) is 3.34. The molecule has 0 saturated heterocycles. The Hall–Kier alpha value is -3.02. The summed E-state index contributed by atoms with van der Waals surface area (Å²) >= 11 is 0. The molecule has 132 valence electrons. The molecule has 6 heteroatoms. The van der Waals surface area contributed by atoms with Crippen LogP contribution in [0.25, 0.3) is 0 Å². The van der Waals surface area contributed by atoms with Crippen molar-refractivity contribution in [3.63, 3.8) is 0 Å². The number of carbonyl (C=O) groups is 2. The van der Waals surface area contributed by atoms with E-state index in [1.54, 1.807) is 50.2 Å². The molecule has 0 aliphatic rings. The van der Waals surface area contributed by atoms with Gasteiger partial charge in [-0.3, -0.25) is 0 Å². The second-order valence-electron chi connectivity index (χ2n) is 5.07. The Bertz CT molecular complexity index is 676. The zero-order valence-corrected chi connectivity index (χ0v) is 14.3. The molecule has 2 rings (SSSR count). The van der Waals surface area contributed by atoms with E-state index in [2.05, 4.69) is 5.32 Å². The van der Waals surface area contributed by atoms with Gasteiger partial charge in [-0.05, 0) is 38.1 Å². The van der Waals surface area contributed by atoms with Crippen molar-refractivity contribution < 1.29 is 19.1 Å². The Balaban J connectivity index is 2.40. The molecule has 0 spiro atoms. The number of rotatable bonds is 7. The lowest BCUT2D eigenvalue weighted by molar-refractivity contribution is -0.143. The first-order chi connectivity index (χ1) is 12.2. The fourth-order valence-corrected chi connectivity index (χ4v) is 2.28. The van der Waals surface area contributed by atoms with Gasteiger partial charge in [-0.1, -0.05) is 36.4 Å². The van der Waals surface area contributed by atoms with Crippen LogP contribution in [0.2, 0.25) is 0 Å². The van der Waals surface area contributed by atoms with Crippen LogP contribution in [-0.4, -0.2) is 31.4 Å². The molecule has 0 radical (unpaired) electrons. The maximum Gasteiger partial charge on any atom is 0.416 e. The predicted octanol–water partition coefficient (Wildman–Crippen LogP) is 3.65. The normalized spacial score (nSPS) is 11.3. The van der Waals surface area contributed by atoms with E-state index in [0.717, 1.165) is 0 Å². The fourth-order valence-electron chi connectivity index (χ4n) is 2.28. The molecule has 0 aliphatic carbocycles. The number of nitrogens with one attached hydrogen (secondary N) is 1. The van der Waals surface area contributed by atoms with Crippen LogP contribution in [-0.2, 0) is 14.3 Å². The summed E-state index contributed by atoms with van der Waals surface area (Å²) in [7, 11) is 0. The number of amides is 1. The van der Waals surface area contributed by atoms with Crippen LogP contribution in [0.1, 0.15) is 13.8 Å². The predicted molar refractivity (Wildman–Crippen MR) is 96.4 cm³/mol. The van der Waals surface area contributed by atoms with Crippen LogP contribution in [0.5, 0.6) is 0 Å². The molecular formula is C19H22N2O4. The van der Waals surface area contributed by atoms with Gasteiger partial charge in [-0.2, -0.15) is 0 Å². The maximum atomic E-state index is 12.5. The van der Waals surface area contributed by atoms with Gasteiger partial charge < -0.3 is 14.8 Å². The summed E-state index contributed by atoms with van der Waals surface area (Å²) in [6.45, 7) is 3.83. The van der Waals surface area contributed by atoms with Crippen LogP contribution < -0.4 is 10.2 Å². The molecule has 0 heterocycles. The molecule has 25 heavy (non-hydrogen) atoms. The second-order valence-corrected chi connectivity index (χ2v) is 5.07. The van der Waals surface area contributed by atoms with E-state index in [1.807, 2.05) is 24.3 Å². The minimum Gasteiger partial charge on any atom is -0.463 e. The Morgan fingerprint density at radius 2 is 1.48 bits per heavy atom. The van der Waals surface area contributed by atoms with E-state index in [1.165, 1.54) is 4.90 Å². The number of ether oxygens (including phenoxy) is 2. The summed E-state index contributed by atoms with van der Waals surface area (Å²) < 4.78 is 10.3. The van der Waals surface area contributed by atoms with Crippen molar-refractivity contribution in [1.29, 1.82) is 0 Å². The molecule has 0 aliphatic heterocycles. The van der Waals surface area contributed by atoms with Crippen LogP contribution >= 0.6 is 0 Å².